The highest BCUT2D eigenvalue weighted by Crippen LogP contribution is 2.14. The van der Waals surface area contributed by atoms with Gasteiger partial charge in [-0.3, -0.25) is 0 Å². The van der Waals surface area contributed by atoms with Crippen molar-refractivity contribution < 1.29 is 0 Å². The summed E-state index contributed by atoms with van der Waals surface area (Å²) in [5.41, 5.74) is 4.72. The van der Waals surface area contributed by atoms with Crippen LogP contribution in [0.1, 0.15) is 48.9 Å². The van der Waals surface area contributed by atoms with E-state index in [1.54, 1.807) is 0 Å². The van der Waals surface area contributed by atoms with Crippen molar-refractivity contribution in [2.75, 3.05) is 0 Å². The van der Waals surface area contributed by atoms with E-state index in [1.165, 1.54) is 35.7 Å². The number of hydrogen-bond acceptors (Lipinski definition) is 1. The maximum Gasteiger partial charge on any atom is 0.0255 e. The lowest BCUT2D eigenvalue weighted by Gasteiger charge is -2.06. The van der Waals surface area contributed by atoms with Crippen LogP contribution in [0.2, 0.25) is 0 Å². The van der Waals surface area contributed by atoms with Crippen LogP contribution in [-0.2, 0) is 0 Å². The quantitative estimate of drug-likeness (QED) is 0.691. The highest BCUT2D eigenvalue weighted by Gasteiger charge is 2.00. The van der Waals surface area contributed by atoms with Crippen molar-refractivity contribution in [2.45, 2.75) is 47.5 Å². The Hall–Kier alpha value is -1.11. The molecular weight excluding hydrogens is 182 g/mol. The third-order valence-electron chi connectivity index (χ3n) is 2.65. The van der Waals surface area contributed by atoms with E-state index >= 15 is 0 Å². The molecule has 0 saturated heterocycles. The number of unbranched alkanes of at least 4 members (excludes halogenated alkanes) is 1. The molecule has 1 aromatic carbocycles. The van der Waals surface area contributed by atoms with E-state index in [4.69, 9.17) is 5.41 Å². The largest absolute Gasteiger partial charge is 0.308 e. The van der Waals surface area contributed by atoms with Crippen LogP contribution in [0.25, 0.3) is 0 Å². The summed E-state index contributed by atoms with van der Waals surface area (Å²) >= 11 is 0. The van der Waals surface area contributed by atoms with Gasteiger partial charge in [-0.05, 0) is 43.0 Å². The lowest BCUT2D eigenvalue weighted by molar-refractivity contribution is 0.886. The van der Waals surface area contributed by atoms with Gasteiger partial charge in [0.15, 0.2) is 0 Å². The Balaban J connectivity index is 0.000000423. The number of rotatable bonds is 2. The number of hydrogen-bond donors (Lipinski definition) is 1. The second-order valence-corrected chi connectivity index (χ2v) is 3.88. The lowest BCUT2D eigenvalue weighted by atomic mass is 9.99. The Bertz CT molecular complexity index is 311. The van der Waals surface area contributed by atoms with Crippen LogP contribution in [0.4, 0.5) is 0 Å². The summed E-state index contributed by atoms with van der Waals surface area (Å²) in [5.74, 6) is 0. The fraction of sp³-hybridized carbons (Fsp3) is 0.500. The standard InChI is InChI=1S/C10H13N.C4H10/c1-7-4-5-8(2)10(6-11)9(7)3;1-3-4-2/h4-6,11H,1-3H3;3-4H2,1-2H3. The lowest BCUT2D eigenvalue weighted by Crippen LogP contribution is -1.93. The predicted molar refractivity (Wildman–Crippen MR) is 69.1 cm³/mol. The third-order valence-corrected chi connectivity index (χ3v) is 2.65. The van der Waals surface area contributed by atoms with Gasteiger partial charge >= 0.3 is 0 Å². The van der Waals surface area contributed by atoms with Gasteiger partial charge in [0.05, 0.1) is 0 Å². The first-order valence-electron chi connectivity index (χ1n) is 5.65. The molecule has 1 N–H and O–H groups in total. The summed E-state index contributed by atoms with van der Waals surface area (Å²) in [4.78, 5) is 0. The van der Waals surface area contributed by atoms with E-state index in [1.807, 2.05) is 6.92 Å². The molecule has 0 unspecified atom stereocenters. The molecule has 0 saturated carbocycles. The zero-order chi connectivity index (χ0) is 11.8. The summed E-state index contributed by atoms with van der Waals surface area (Å²) in [5, 5.41) is 7.20. The molecule has 1 aromatic rings. The van der Waals surface area contributed by atoms with E-state index in [2.05, 4.69) is 39.8 Å². The maximum atomic E-state index is 7.20. The molecule has 0 amide bonds. The van der Waals surface area contributed by atoms with Crippen molar-refractivity contribution in [3.63, 3.8) is 0 Å². The summed E-state index contributed by atoms with van der Waals surface area (Å²) in [6.45, 7) is 10.5. The molecule has 0 heterocycles. The summed E-state index contributed by atoms with van der Waals surface area (Å²) < 4.78 is 0. The minimum absolute atomic E-state index is 1.06. The van der Waals surface area contributed by atoms with Gasteiger partial charge in [0.1, 0.15) is 0 Å². The van der Waals surface area contributed by atoms with Crippen molar-refractivity contribution in [3.05, 3.63) is 34.4 Å². The molecule has 84 valence electrons. The van der Waals surface area contributed by atoms with Crippen molar-refractivity contribution in [2.24, 2.45) is 0 Å². The van der Waals surface area contributed by atoms with E-state index in [9.17, 15) is 0 Å². The minimum Gasteiger partial charge on any atom is -0.308 e. The molecule has 1 nitrogen and oxygen atoms in total. The first-order chi connectivity index (χ1) is 7.08. The molecule has 0 fully saturated rings. The molecule has 0 radical (unpaired) electrons. The summed E-state index contributed by atoms with van der Waals surface area (Å²) in [6, 6.07) is 4.15. The van der Waals surface area contributed by atoms with Crippen LogP contribution in [0.15, 0.2) is 12.1 Å². The molecule has 0 aliphatic heterocycles. The van der Waals surface area contributed by atoms with Gasteiger partial charge < -0.3 is 5.41 Å². The Morgan fingerprint density at radius 3 is 1.80 bits per heavy atom. The SMILES string of the molecule is CCCC.Cc1ccc(C)c(C=N)c1C. The fourth-order valence-corrected chi connectivity index (χ4v) is 1.20. The van der Waals surface area contributed by atoms with Crippen molar-refractivity contribution in [1.29, 1.82) is 5.41 Å². The van der Waals surface area contributed by atoms with E-state index in [0.29, 0.717) is 0 Å². The Morgan fingerprint density at radius 2 is 1.47 bits per heavy atom. The smallest absolute Gasteiger partial charge is 0.0255 e. The van der Waals surface area contributed by atoms with Gasteiger partial charge in [0, 0.05) is 6.21 Å². The van der Waals surface area contributed by atoms with Gasteiger partial charge in [0.2, 0.25) is 0 Å². The Kier molecular flexibility index (Phi) is 6.68. The highest BCUT2D eigenvalue weighted by atomic mass is 14.3. The topological polar surface area (TPSA) is 23.9 Å². The van der Waals surface area contributed by atoms with Crippen LogP contribution < -0.4 is 0 Å². The van der Waals surface area contributed by atoms with E-state index < -0.39 is 0 Å². The monoisotopic (exact) mass is 205 g/mol. The molecule has 0 aliphatic rings. The fourth-order valence-electron chi connectivity index (χ4n) is 1.20. The first kappa shape index (κ1) is 13.9. The average molecular weight is 205 g/mol. The van der Waals surface area contributed by atoms with E-state index in [-0.39, 0.29) is 0 Å². The van der Waals surface area contributed by atoms with Crippen molar-refractivity contribution in [3.8, 4) is 0 Å². The first-order valence-corrected chi connectivity index (χ1v) is 5.65. The normalized spacial score (nSPS) is 9.13. The number of aryl methyl sites for hydroxylation is 2. The molecular formula is C14H23N. The average Bonchev–Trinajstić information content (AvgIpc) is 2.25. The van der Waals surface area contributed by atoms with Crippen LogP contribution >= 0.6 is 0 Å². The molecule has 0 spiro atoms. The van der Waals surface area contributed by atoms with Gasteiger partial charge in [-0.2, -0.15) is 0 Å². The number of benzene rings is 1. The zero-order valence-corrected chi connectivity index (χ0v) is 10.6. The summed E-state index contributed by atoms with van der Waals surface area (Å²) in [7, 11) is 0. The second-order valence-electron chi connectivity index (χ2n) is 3.88. The zero-order valence-electron chi connectivity index (χ0n) is 10.6. The van der Waals surface area contributed by atoms with E-state index in [0.717, 1.165) is 5.56 Å². The van der Waals surface area contributed by atoms with Gasteiger partial charge in [-0.1, -0.05) is 38.8 Å². The van der Waals surface area contributed by atoms with Crippen LogP contribution in [0, 0.1) is 26.2 Å². The van der Waals surface area contributed by atoms with Crippen molar-refractivity contribution in [1.82, 2.24) is 0 Å². The highest BCUT2D eigenvalue weighted by molar-refractivity contribution is 5.81. The molecule has 1 rings (SSSR count). The van der Waals surface area contributed by atoms with Gasteiger partial charge in [-0.15, -0.1) is 0 Å². The predicted octanol–water partition coefficient (Wildman–Crippen LogP) is 4.42. The summed E-state index contributed by atoms with van der Waals surface area (Å²) in [6.07, 6.45) is 4.07. The molecule has 0 aromatic heterocycles. The minimum atomic E-state index is 1.06. The molecule has 0 atom stereocenters. The van der Waals surface area contributed by atoms with Crippen LogP contribution in [0.5, 0.6) is 0 Å². The molecule has 0 bridgehead atoms. The Labute approximate surface area is 94.0 Å². The van der Waals surface area contributed by atoms with Crippen LogP contribution in [-0.4, -0.2) is 6.21 Å². The maximum absolute atomic E-state index is 7.20. The second kappa shape index (κ2) is 7.22. The van der Waals surface area contributed by atoms with Gasteiger partial charge in [-0.25, -0.2) is 0 Å². The third kappa shape index (κ3) is 4.28. The number of nitrogens with one attached hydrogen (secondary N) is 1. The van der Waals surface area contributed by atoms with Gasteiger partial charge in [0.25, 0.3) is 0 Å². The van der Waals surface area contributed by atoms with Crippen LogP contribution in [0.3, 0.4) is 0 Å². The molecule has 15 heavy (non-hydrogen) atoms. The van der Waals surface area contributed by atoms with Crippen molar-refractivity contribution >= 4 is 6.21 Å². The molecule has 0 aliphatic carbocycles. The Morgan fingerprint density at radius 1 is 1.00 bits per heavy atom. The molecule has 1 heteroatoms.